The second-order valence-electron chi connectivity index (χ2n) is 6.16. The molecule has 0 bridgehead atoms. The lowest BCUT2D eigenvalue weighted by molar-refractivity contribution is 0.110. The van der Waals surface area contributed by atoms with Crippen LogP contribution in [0.25, 0.3) is 0 Å². The Morgan fingerprint density at radius 3 is 2.76 bits per heavy atom. The lowest BCUT2D eigenvalue weighted by Crippen LogP contribution is -2.23. The van der Waals surface area contributed by atoms with Crippen molar-refractivity contribution in [3.05, 3.63) is 77.4 Å². The fourth-order valence-electron chi connectivity index (χ4n) is 3.08. The second kappa shape index (κ2) is 6.64. The third-order valence-corrected chi connectivity index (χ3v) is 4.45. The van der Waals surface area contributed by atoms with E-state index in [0.717, 1.165) is 17.9 Å². The Morgan fingerprint density at radius 1 is 1.16 bits per heavy atom. The van der Waals surface area contributed by atoms with Gasteiger partial charge in [0, 0.05) is 12.2 Å². The van der Waals surface area contributed by atoms with Gasteiger partial charge >= 0.3 is 0 Å². The van der Waals surface area contributed by atoms with E-state index in [0.29, 0.717) is 13.2 Å². The number of rotatable bonds is 4. The fraction of sp³-hybridized carbons (Fsp3) is 0.263. The predicted octanol–water partition coefficient (Wildman–Crippen LogP) is 3.31. The maximum atomic E-state index is 13.2. The Hall–Kier alpha value is -2.73. The van der Waals surface area contributed by atoms with Gasteiger partial charge in [0.25, 0.3) is 0 Å². The lowest BCUT2D eigenvalue weighted by Gasteiger charge is -2.23. The average Bonchev–Trinajstić information content (AvgIpc) is 3.27. The SMILES string of the molecule is Cc1ccccc1Cn1cc([C@H]2OCCN2c2ccc(F)cc2)nn1. The Labute approximate surface area is 145 Å². The number of ether oxygens (including phenoxy) is 1. The van der Waals surface area contributed by atoms with Gasteiger partial charge in [-0.25, -0.2) is 9.07 Å². The summed E-state index contributed by atoms with van der Waals surface area (Å²) in [6.45, 7) is 4.10. The van der Waals surface area contributed by atoms with Gasteiger partial charge in [-0.1, -0.05) is 29.5 Å². The Bertz CT molecular complexity index is 862. The third-order valence-electron chi connectivity index (χ3n) is 4.45. The summed E-state index contributed by atoms with van der Waals surface area (Å²) in [4.78, 5) is 2.07. The number of benzene rings is 2. The van der Waals surface area contributed by atoms with Gasteiger partial charge in [-0.2, -0.15) is 0 Å². The van der Waals surface area contributed by atoms with Crippen molar-refractivity contribution in [3.8, 4) is 0 Å². The highest BCUT2D eigenvalue weighted by molar-refractivity contribution is 5.48. The maximum absolute atomic E-state index is 13.2. The third kappa shape index (κ3) is 3.25. The van der Waals surface area contributed by atoms with Crippen LogP contribution in [0.2, 0.25) is 0 Å². The van der Waals surface area contributed by atoms with Crippen LogP contribution in [0.3, 0.4) is 0 Å². The van der Waals surface area contributed by atoms with Crippen molar-refractivity contribution < 1.29 is 9.13 Å². The second-order valence-corrected chi connectivity index (χ2v) is 6.16. The summed E-state index contributed by atoms with van der Waals surface area (Å²) < 4.78 is 20.8. The molecule has 1 saturated heterocycles. The van der Waals surface area contributed by atoms with Gasteiger partial charge in [-0.3, -0.25) is 0 Å². The Morgan fingerprint density at radius 2 is 1.96 bits per heavy atom. The van der Waals surface area contributed by atoms with E-state index in [4.69, 9.17) is 4.74 Å². The van der Waals surface area contributed by atoms with Gasteiger partial charge in [0.1, 0.15) is 11.5 Å². The monoisotopic (exact) mass is 338 g/mol. The van der Waals surface area contributed by atoms with Crippen molar-refractivity contribution in [1.82, 2.24) is 15.0 Å². The first-order chi connectivity index (χ1) is 12.2. The van der Waals surface area contributed by atoms with Gasteiger partial charge in [0.15, 0.2) is 6.23 Å². The molecule has 2 heterocycles. The quantitative estimate of drug-likeness (QED) is 0.732. The van der Waals surface area contributed by atoms with E-state index in [9.17, 15) is 4.39 Å². The summed E-state index contributed by atoms with van der Waals surface area (Å²) in [5.41, 5.74) is 4.11. The first-order valence-corrected chi connectivity index (χ1v) is 8.29. The van der Waals surface area contributed by atoms with Crippen molar-refractivity contribution in [3.63, 3.8) is 0 Å². The molecule has 4 rings (SSSR count). The molecule has 25 heavy (non-hydrogen) atoms. The molecule has 1 aliphatic rings. The van der Waals surface area contributed by atoms with Crippen molar-refractivity contribution in [1.29, 1.82) is 0 Å². The van der Waals surface area contributed by atoms with Crippen LogP contribution in [-0.2, 0) is 11.3 Å². The highest BCUT2D eigenvalue weighted by Crippen LogP contribution is 2.31. The normalized spacial score (nSPS) is 17.2. The van der Waals surface area contributed by atoms with Crippen molar-refractivity contribution in [2.24, 2.45) is 0 Å². The number of hydrogen-bond acceptors (Lipinski definition) is 4. The molecule has 0 unspecified atom stereocenters. The van der Waals surface area contributed by atoms with E-state index in [-0.39, 0.29) is 12.0 Å². The fourth-order valence-corrected chi connectivity index (χ4v) is 3.08. The van der Waals surface area contributed by atoms with E-state index in [1.54, 1.807) is 12.1 Å². The molecule has 1 fully saturated rings. The van der Waals surface area contributed by atoms with E-state index in [2.05, 4.69) is 34.3 Å². The molecule has 1 aliphatic heterocycles. The topological polar surface area (TPSA) is 43.2 Å². The van der Waals surface area contributed by atoms with Crippen LogP contribution >= 0.6 is 0 Å². The zero-order valence-corrected chi connectivity index (χ0v) is 14.0. The molecule has 1 atom stereocenters. The van der Waals surface area contributed by atoms with E-state index in [1.165, 1.54) is 23.3 Å². The zero-order chi connectivity index (χ0) is 17.2. The van der Waals surface area contributed by atoms with Crippen LogP contribution in [-0.4, -0.2) is 28.1 Å². The summed E-state index contributed by atoms with van der Waals surface area (Å²) in [5.74, 6) is -0.246. The molecule has 1 aromatic heterocycles. The molecule has 5 nitrogen and oxygen atoms in total. The summed E-state index contributed by atoms with van der Waals surface area (Å²) in [5, 5.41) is 8.53. The molecule has 0 radical (unpaired) electrons. The Balaban J connectivity index is 1.54. The van der Waals surface area contributed by atoms with Crippen LogP contribution in [0.5, 0.6) is 0 Å². The highest BCUT2D eigenvalue weighted by atomic mass is 19.1. The van der Waals surface area contributed by atoms with Crippen LogP contribution in [0.1, 0.15) is 23.0 Å². The molecule has 3 aromatic rings. The first-order valence-electron chi connectivity index (χ1n) is 8.29. The molecule has 0 aliphatic carbocycles. The van der Waals surface area contributed by atoms with Crippen LogP contribution in [0.4, 0.5) is 10.1 Å². The summed E-state index contributed by atoms with van der Waals surface area (Å²) in [7, 11) is 0. The van der Waals surface area contributed by atoms with Gasteiger partial charge in [-0.05, 0) is 42.3 Å². The van der Waals surface area contributed by atoms with E-state index < -0.39 is 0 Å². The largest absolute Gasteiger partial charge is 0.350 e. The predicted molar refractivity (Wildman–Crippen MR) is 92.7 cm³/mol. The molecular weight excluding hydrogens is 319 g/mol. The molecule has 0 amide bonds. The molecular formula is C19H19FN4O. The number of hydrogen-bond donors (Lipinski definition) is 0. The Kier molecular flexibility index (Phi) is 4.19. The van der Waals surface area contributed by atoms with Crippen LogP contribution in [0, 0.1) is 12.7 Å². The van der Waals surface area contributed by atoms with Crippen molar-refractivity contribution in [2.45, 2.75) is 19.7 Å². The number of anilines is 1. The van der Waals surface area contributed by atoms with Crippen LogP contribution < -0.4 is 4.90 Å². The van der Waals surface area contributed by atoms with Crippen LogP contribution in [0.15, 0.2) is 54.7 Å². The minimum absolute atomic E-state index is 0.246. The standard InChI is InChI=1S/C19H19FN4O/c1-14-4-2-3-5-15(14)12-23-13-18(21-22-23)19-24(10-11-25-19)17-8-6-16(20)7-9-17/h2-9,13,19H,10-12H2,1H3/t19-/m1/s1. The minimum Gasteiger partial charge on any atom is -0.350 e. The minimum atomic E-state index is -0.295. The number of halogens is 1. The van der Waals surface area contributed by atoms with Crippen molar-refractivity contribution >= 4 is 5.69 Å². The molecule has 2 aromatic carbocycles. The number of aromatic nitrogens is 3. The molecule has 6 heteroatoms. The summed E-state index contributed by atoms with van der Waals surface area (Å²) in [6.07, 6.45) is 1.62. The van der Waals surface area contributed by atoms with E-state index in [1.807, 2.05) is 23.0 Å². The molecule has 0 spiro atoms. The smallest absolute Gasteiger partial charge is 0.177 e. The van der Waals surface area contributed by atoms with E-state index >= 15 is 0 Å². The number of aryl methyl sites for hydroxylation is 1. The zero-order valence-electron chi connectivity index (χ0n) is 14.0. The molecule has 128 valence electrons. The maximum Gasteiger partial charge on any atom is 0.177 e. The summed E-state index contributed by atoms with van der Waals surface area (Å²) >= 11 is 0. The van der Waals surface area contributed by atoms with Gasteiger partial charge in [0.2, 0.25) is 0 Å². The van der Waals surface area contributed by atoms with Gasteiger partial charge in [0.05, 0.1) is 19.3 Å². The lowest BCUT2D eigenvalue weighted by atomic mass is 10.1. The highest BCUT2D eigenvalue weighted by Gasteiger charge is 2.29. The average molecular weight is 338 g/mol. The summed E-state index contributed by atoms with van der Waals surface area (Å²) in [6, 6.07) is 14.7. The van der Waals surface area contributed by atoms with Gasteiger partial charge < -0.3 is 9.64 Å². The first kappa shape index (κ1) is 15.8. The molecule has 0 N–H and O–H groups in total. The molecule has 0 saturated carbocycles. The number of nitrogens with zero attached hydrogens (tertiary/aromatic N) is 4. The van der Waals surface area contributed by atoms with Crippen molar-refractivity contribution in [2.75, 3.05) is 18.1 Å². The van der Waals surface area contributed by atoms with Gasteiger partial charge in [-0.15, -0.1) is 5.10 Å².